The highest BCUT2D eigenvalue weighted by Crippen LogP contribution is 2.28. The minimum Gasteiger partial charge on any atom is -0.397 e. The molecule has 9 heteroatoms. The highest BCUT2D eigenvalue weighted by Gasteiger charge is 2.19. The second kappa shape index (κ2) is 4.04. The van der Waals surface area contributed by atoms with Crippen molar-refractivity contribution in [1.29, 1.82) is 0 Å². The molecule has 0 aliphatic rings. The number of hydrogen-bond acceptors (Lipinski definition) is 7. The number of pyridine rings is 1. The Hall–Kier alpha value is -2.71. The van der Waals surface area contributed by atoms with E-state index in [0.717, 1.165) is 0 Å². The summed E-state index contributed by atoms with van der Waals surface area (Å²) < 4.78 is 6.49. The van der Waals surface area contributed by atoms with Gasteiger partial charge in [0.25, 0.3) is 0 Å². The van der Waals surface area contributed by atoms with Gasteiger partial charge in [0, 0.05) is 13.1 Å². The number of aryl methyl sites for hydroxylation is 1. The summed E-state index contributed by atoms with van der Waals surface area (Å²) >= 11 is 0. The molecule has 0 fully saturated rings. The minimum atomic E-state index is -0.620. The summed E-state index contributed by atoms with van der Waals surface area (Å²) in [5.74, 6) is -0.122. The molecule has 0 saturated heterocycles. The van der Waals surface area contributed by atoms with Crippen molar-refractivity contribution in [2.45, 2.75) is 0 Å². The fraction of sp³-hybridized carbons (Fsp3) is 0.125. The number of nitrogen functional groups attached to an aromatic ring is 1. The monoisotopic (exact) mass is 236 g/mol. The predicted octanol–water partition coefficient (Wildman–Crippen LogP) is 0.493. The maximum absolute atomic E-state index is 10.7. The molecule has 2 N–H and O–H groups in total. The number of aromatic nitrogens is 4. The van der Waals surface area contributed by atoms with Crippen molar-refractivity contribution in [3.8, 4) is 11.9 Å². The smallest absolute Gasteiger partial charge is 0.342 e. The van der Waals surface area contributed by atoms with E-state index in [0.29, 0.717) is 0 Å². The molecule has 2 aromatic heterocycles. The van der Waals surface area contributed by atoms with Crippen LogP contribution in [0.15, 0.2) is 18.5 Å². The Morgan fingerprint density at radius 2 is 2.29 bits per heavy atom. The number of ether oxygens (including phenoxy) is 1. The van der Waals surface area contributed by atoms with Gasteiger partial charge < -0.3 is 10.5 Å². The van der Waals surface area contributed by atoms with Crippen LogP contribution in [0.1, 0.15) is 0 Å². The molecule has 17 heavy (non-hydrogen) atoms. The van der Waals surface area contributed by atoms with E-state index in [1.807, 2.05) is 0 Å². The van der Waals surface area contributed by atoms with Gasteiger partial charge in [-0.05, 0) is 6.07 Å². The average Bonchev–Trinajstić information content (AvgIpc) is 2.63. The van der Waals surface area contributed by atoms with Gasteiger partial charge in [0.05, 0.1) is 4.92 Å². The number of rotatable bonds is 3. The normalized spacial score (nSPS) is 10.2. The first kappa shape index (κ1) is 10.8. The molecule has 88 valence electrons. The number of anilines is 1. The summed E-state index contributed by atoms with van der Waals surface area (Å²) in [6, 6.07) is 2.49. The molecule has 2 aromatic rings. The summed E-state index contributed by atoms with van der Waals surface area (Å²) in [5, 5.41) is 14.5. The fourth-order valence-electron chi connectivity index (χ4n) is 1.11. The van der Waals surface area contributed by atoms with Gasteiger partial charge in [-0.2, -0.15) is 9.97 Å². The van der Waals surface area contributed by atoms with Crippen molar-refractivity contribution in [2.75, 3.05) is 5.73 Å². The van der Waals surface area contributed by atoms with Crippen molar-refractivity contribution in [1.82, 2.24) is 19.7 Å². The SMILES string of the molecule is Cn1cnc(Oc2nc(N)ccc2[N+](=O)[O-])n1. The van der Waals surface area contributed by atoms with Gasteiger partial charge in [-0.25, -0.2) is 0 Å². The summed E-state index contributed by atoms with van der Waals surface area (Å²) in [5.41, 5.74) is 5.13. The Bertz CT molecular complexity index is 566. The summed E-state index contributed by atoms with van der Waals surface area (Å²) in [6.45, 7) is 0. The van der Waals surface area contributed by atoms with Gasteiger partial charge in [-0.3, -0.25) is 14.8 Å². The zero-order chi connectivity index (χ0) is 12.4. The summed E-state index contributed by atoms with van der Waals surface area (Å²) in [6.07, 6.45) is 1.40. The van der Waals surface area contributed by atoms with E-state index in [9.17, 15) is 10.1 Å². The second-order valence-electron chi connectivity index (χ2n) is 3.12. The molecule has 0 bridgehead atoms. The molecule has 2 heterocycles. The third-order valence-electron chi connectivity index (χ3n) is 1.82. The molecule has 0 aliphatic heterocycles. The Morgan fingerprint density at radius 1 is 1.53 bits per heavy atom. The molecular weight excluding hydrogens is 228 g/mol. The van der Waals surface area contributed by atoms with Crippen LogP contribution in [0.3, 0.4) is 0 Å². The largest absolute Gasteiger partial charge is 0.397 e. The first-order chi connectivity index (χ1) is 8.06. The maximum atomic E-state index is 10.7. The Labute approximate surface area is 95.0 Å². The van der Waals surface area contributed by atoms with E-state index in [4.69, 9.17) is 10.5 Å². The Balaban J connectivity index is 2.37. The van der Waals surface area contributed by atoms with Gasteiger partial charge in [0.1, 0.15) is 12.1 Å². The van der Waals surface area contributed by atoms with Crippen molar-refractivity contribution in [3.05, 3.63) is 28.6 Å². The quantitative estimate of drug-likeness (QED) is 0.607. The number of nitrogens with two attached hydrogens (primary N) is 1. The van der Waals surface area contributed by atoms with E-state index in [1.165, 1.54) is 23.1 Å². The molecule has 0 amide bonds. The number of nitrogens with zero attached hydrogens (tertiary/aromatic N) is 5. The van der Waals surface area contributed by atoms with Crippen LogP contribution < -0.4 is 10.5 Å². The molecule has 9 nitrogen and oxygen atoms in total. The van der Waals surface area contributed by atoms with Gasteiger partial charge >= 0.3 is 17.6 Å². The first-order valence-electron chi connectivity index (χ1n) is 4.50. The van der Waals surface area contributed by atoms with Crippen LogP contribution in [0, 0.1) is 10.1 Å². The van der Waals surface area contributed by atoms with E-state index >= 15 is 0 Å². The third kappa shape index (κ3) is 2.27. The standard InChI is InChI=1S/C8H8N6O3/c1-13-4-10-8(12-13)17-7-5(14(15)16)2-3-6(9)11-7/h2-4H,1H3,(H2,9,11). The summed E-state index contributed by atoms with van der Waals surface area (Å²) in [4.78, 5) is 17.6. The summed E-state index contributed by atoms with van der Waals surface area (Å²) in [7, 11) is 1.64. The molecule has 0 saturated carbocycles. The average molecular weight is 236 g/mol. The molecule has 0 radical (unpaired) electrons. The Kier molecular flexibility index (Phi) is 2.57. The molecule has 0 spiro atoms. The molecule has 0 aromatic carbocycles. The van der Waals surface area contributed by atoms with E-state index in [2.05, 4.69) is 15.1 Å². The van der Waals surface area contributed by atoms with Crippen LogP contribution in [-0.4, -0.2) is 24.7 Å². The molecule has 0 unspecified atom stereocenters. The van der Waals surface area contributed by atoms with Crippen molar-refractivity contribution in [2.24, 2.45) is 7.05 Å². The van der Waals surface area contributed by atoms with Gasteiger partial charge in [0.2, 0.25) is 0 Å². The molecular formula is C8H8N6O3. The van der Waals surface area contributed by atoms with Crippen LogP contribution in [0.2, 0.25) is 0 Å². The van der Waals surface area contributed by atoms with Crippen LogP contribution >= 0.6 is 0 Å². The van der Waals surface area contributed by atoms with Gasteiger partial charge in [-0.15, -0.1) is 5.10 Å². The van der Waals surface area contributed by atoms with Crippen LogP contribution in [-0.2, 0) is 7.05 Å². The number of nitro groups is 1. The molecule has 0 atom stereocenters. The van der Waals surface area contributed by atoms with E-state index in [-0.39, 0.29) is 23.4 Å². The fourth-order valence-corrected chi connectivity index (χ4v) is 1.11. The maximum Gasteiger partial charge on any atom is 0.342 e. The minimum absolute atomic E-state index is 0.0336. The first-order valence-corrected chi connectivity index (χ1v) is 4.50. The lowest BCUT2D eigenvalue weighted by atomic mass is 10.4. The number of hydrogen-bond donors (Lipinski definition) is 1. The predicted molar refractivity (Wildman–Crippen MR) is 56.4 cm³/mol. The highest BCUT2D eigenvalue weighted by molar-refractivity contribution is 5.47. The highest BCUT2D eigenvalue weighted by atomic mass is 16.6. The molecule has 0 aliphatic carbocycles. The van der Waals surface area contributed by atoms with E-state index < -0.39 is 4.92 Å². The van der Waals surface area contributed by atoms with Crippen molar-refractivity contribution >= 4 is 11.5 Å². The van der Waals surface area contributed by atoms with Crippen molar-refractivity contribution < 1.29 is 9.66 Å². The lowest BCUT2D eigenvalue weighted by Gasteiger charge is -2.01. The van der Waals surface area contributed by atoms with Gasteiger partial charge in [-0.1, -0.05) is 0 Å². The lowest BCUT2D eigenvalue weighted by molar-refractivity contribution is -0.386. The Morgan fingerprint density at radius 3 is 2.88 bits per heavy atom. The zero-order valence-corrected chi connectivity index (χ0v) is 8.77. The lowest BCUT2D eigenvalue weighted by Crippen LogP contribution is -2.00. The van der Waals surface area contributed by atoms with Crippen molar-refractivity contribution in [3.63, 3.8) is 0 Å². The third-order valence-corrected chi connectivity index (χ3v) is 1.82. The zero-order valence-electron chi connectivity index (χ0n) is 8.77. The van der Waals surface area contributed by atoms with Crippen LogP contribution in [0.4, 0.5) is 11.5 Å². The topological polar surface area (TPSA) is 122 Å². The molecule has 2 rings (SSSR count). The van der Waals surface area contributed by atoms with E-state index in [1.54, 1.807) is 7.05 Å². The van der Waals surface area contributed by atoms with Gasteiger partial charge in [0.15, 0.2) is 0 Å². The second-order valence-corrected chi connectivity index (χ2v) is 3.12. The van der Waals surface area contributed by atoms with Crippen LogP contribution in [0.25, 0.3) is 0 Å². The van der Waals surface area contributed by atoms with Crippen LogP contribution in [0.5, 0.6) is 11.9 Å².